The van der Waals surface area contributed by atoms with Crippen LogP contribution in [0.25, 0.3) is 0 Å². The topological polar surface area (TPSA) is 141 Å². The van der Waals surface area contributed by atoms with Crippen molar-refractivity contribution in [2.45, 2.75) is 49.9 Å². The van der Waals surface area contributed by atoms with Crippen LogP contribution in [0, 0.1) is 0 Å². The maximum Gasteiger partial charge on any atom is 0.417 e. The molecule has 12 heteroatoms. The number of rotatable bonds is 13. The van der Waals surface area contributed by atoms with Gasteiger partial charge in [0.25, 0.3) is 5.91 Å². The molecule has 37 heavy (non-hydrogen) atoms. The van der Waals surface area contributed by atoms with Crippen LogP contribution >= 0.6 is 15.9 Å². The SMILES string of the molecule is CO[C@H](C(=O)N1C(=O)O[C@H](c2ccccc2)[C@@H]1C)[C@H]1O[C@](O)(CCCOCCOCCO)C(Br)=CC1=O. The van der Waals surface area contributed by atoms with E-state index in [4.69, 9.17) is 28.8 Å². The van der Waals surface area contributed by atoms with Gasteiger partial charge in [0.2, 0.25) is 0 Å². The number of methoxy groups -OCH3 is 1. The van der Waals surface area contributed by atoms with Crippen LogP contribution in [0.2, 0.25) is 0 Å². The fraction of sp³-hybridized carbons (Fsp3) is 0.560. The molecule has 204 valence electrons. The molecule has 0 aromatic heterocycles. The van der Waals surface area contributed by atoms with Gasteiger partial charge in [0.15, 0.2) is 23.8 Å². The number of imide groups is 1. The molecule has 0 radical (unpaired) electrons. The van der Waals surface area contributed by atoms with E-state index >= 15 is 0 Å². The highest BCUT2D eigenvalue weighted by molar-refractivity contribution is 9.11. The first kappa shape index (κ1) is 29.4. The smallest absolute Gasteiger partial charge is 0.417 e. The van der Waals surface area contributed by atoms with E-state index in [0.29, 0.717) is 19.6 Å². The second-order valence-corrected chi connectivity index (χ2v) is 9.44. The Morgan fingerprint density at radius 1 is 1.16 bits per heavy atom. The van der Waals surface area contributed by atoms with E-state index in [1.807, 2.05) is 6.07 Å². The van der Waals surface area contributed by atoms with Crippen LogP contribution in [-0.2, 0) is 33.3 Å². The van der Waals surface area contributed by atoms with Crippen molar-refractivity contribution in [2.24, 2.45) is 0 Å². The molecule has 3 rings (SSSR count). The minimum atomic E-state index is -1.91. The summed E-state index contributed by atoms with van der Waals surface area (Å²) >= 11 is 3.19. The largest absolute Gasteiger partial charge is 0.439 e. The quantitative estimate of drug-likeness (QED) is 0.329. The van der Waals surface area contributed by atoms with Gasteiger partial charge < -0.3 is 33.9 Å². The molecular formula is C25H32BrNO10. The Morgan fingerprint density at radius 3 is 2.49 bits per heavy atom. The standard InChI is InChI=1S/C25H32BrNO10/c1-16-20(17-7-4-3-5-8-17)36-24(31)27(16)23(30)22(33-2)21-18(29)15-19(26)25(32,37-21)9-6-11-34-13-14-35-12-10-28/h3-5,7-8,15-16,20-22,28,32H,6,9-14H2,1-2H3/t16-,20-,21-,22-,25+/m0/s1. The van der Waals surface area contributed by atoms with Gasteiger partial charge >= 0.3 is 6.09 Å². The number of aliphatic hydroxyl groups excluding tert-OH is 1. The van der Waals surface area contributed by atoms with Crippen LogP contribution in [0.15, 0.2) is 40.9 Å². The normalized spacial score (nSPS) is 26.7. The average Bonchev–Trinajstić information content (AvgIpc) is 3.18. The van der Waals surface area contributed by atoms with E-state index in [2.05, 4.69) is 15.9 Å². The van der Waals surface area contributed by atoms with Crippen molar-refractivity contribution in [3.63, 3.8) is 0 Å². The van der Waals surface area contributed by atoms with E-state index in [1.165, 1.54) is 7.11 Å². The lowest BCUT2D eigenvalue weighted by Crippen LogP contribution is -2.56. The minimum Gasteiger partial charge on any atom is -0.439 e. The third-order valence-corrected chi connectivity index (χ3v) is 6.91. The molecule has 0 aliphatic carbocycles. The van der Waals surface area contributed by atoms with Crippen molar-refractivity contribution in [1.82, 2.24) is 4.90 Å². The molecule has 0 unspecified atom stereocenters. The molecule has 2 aliphatic heterocycles. The molecule has 2 aliphatic rings. The van der Waals surface area contributed by atoms with E-state index in [9.17, 15) is 19.5 Å². The number of nitrogens with zero attached hydrogens (tertiary/aromatic N) is 1. The highest BCUT2D eigenvalue weighted by Crippen LogP contribution is 2.37. The second kappa shape index (κ2) is 13.6. The van der Waals surface area contributed by atoms with Crippen LogP contribution in [0.4, 0.5) is 4.79 Å². The Balaban J connectivity index is 1.65. The molecule has 1 saturated heterocycles. The number of carbonyl (C=O) groups is 3. The zero-order valence-corrected chi connectivity index (χ0v) is 22.3. The highest BCUT2D eigenvalue weighted by Gasteiger charge is 2.51. The molecule has 2 amide bonds. The molecule has 1 aromatic carbocycles. The van der Waals surface area contributed by atoms with Crippen molar-refractivity contribution >= 4 is 33.7 Å². The summed E-state index contributed by atoms with van der Waals surface area (Å²) in [6.45, 7) is 2.73. The minimum absolute atomic E-state index is 0.0498. The fourth-order valence-corrected chi connectivity index (χ4v) is 4.69. The summed E-state index contributed by atoms with van der Waals surface area (Å²) in [7, 11) is 1.22. The number of benzene rings is 1. The lowest BCUT2D eigenvalue weighted by atomic mass is 9.98. The van der Waals surface area contributed by atoms with Crippen LogP contribution in [0.3, 0.4) is 0 Å². The number of hydrogen-bond donors (Lipinski definition) is 2. The first-order chi connectivity index (χ1) is 17.7. The molecule has 5 atom stereocenters. The zero-order valence-electron chi connectivity index (χ0n) is 20.7. The summed E-state index contributed by atoms with van der Waals surface area (Å²) < 4.78 is 27.2. The molecule has 2 N–H and O–H groups in total. The second-order valence-electron chi connectivity index (χ2n) is 8.59. The Kier molecular flexibility index (Phi) is 10.8. The average molecular weight is 586 g/mol. The van der Waals surface area contributed by atoms with E-state index in [1.54, 1.807) is 31.2 Å². The predicted octanol–water partition coefficient (Wildman–Crippen LogP) is 1.85. The molecule has 11 nitrogen and oxygen atoms in total. The van der Waals surface area contributed by atoms with Crippen molar-refractivity contribution < 1.29 is 48.3 Å². The molecule has 0 spiro atoms. The number of ketones is 1. The van der Waals surface area contributed by atoms with Crippen LogP contribution in [-0.4, -0.2) is 97.1 Å². The Hall–Kier alpha value is -2.19. The van der Waals surface area contributed by atoms with E-state index < -0.39 is 47.9 Å². The maximum atomic E-state index is 13.4. The maximum absolute atomic E-state index is 13.4. The summed E-state index contributed by atoms with van der Waals surface area (Å²) in [5.41, 5.74) is 0.723. The van der Waals surface area contributed by atoms with Gasteiger partial charge in [0.05, 0.1) is 37.0 Å². The van der Waals surface area contributed by atoms with E-state index in [0.717, 1.165) is 16.5 Å². The fourth-order valence-electron chi connectivity index (χ4n) is 4.17. The van der Waals surface area contributed by atoms with Gasteiger partial charge in [0, 0.05) is 20.1 Å². The lowest BCUT2D eigenvalue weighted by molar-refractivity contribution is -0.227. The summed E-state index contributed by atoms with van der Waals surface area (Å²) in [5.74, 6) is -3.32. The van der Waals surface area contributed by atoms with Gasteiger partial charge in [-0.1, -0.05) is 30.3 Å². The van der Waals surface area contributed by atoms with Crippen molar-refractivity contribution in [1.29, 1.82) is 0 Å². The highest BCUT2D eigenvalue weighted by atomic mass is 79.9. The van der Waals surface area contributed by atoms with Crippen LogP contribution in [0.1, 0.15) is 31.4 Å². The van der Waals surface area contributed by atoms with Crippen molar-refractivity contribution in [3.8, 4) is 0 Å². The molecular weight excluding hydrogens is 554 g/mol. The van der Waals surface area contributed by atoms with Gasteiger partial charge in [0.1, 0.15) is 6.10 Å². The summed E-state index contributed by atoms with van der Waals surface area (Å²) in [4.78, 5) is 39.8. The van der Waals surface area contributed by atoms with E-state index in [-0.39, 0.29) is 30.7 Å². The third-order valence-electron chi connectivity index (χ3n) is 6.06. The number of carbonyl (C=O) groups excluding carboxylic acids is 3. The number of ether oxygens (including phenoxy) is 5. The Bertz CT molecular complexity index is 973. The number of aliphatic hydroxyl groups is 2. The molecule has 2 heterocycles. The first-order valence-corrected chi connectivity index (χ1v) is 12.7. The van der Waals surface area contributed by atoms with Gasteiger partial charge in [-0.3, -0.25) is 9.59 Å². The number of halogens is 1. The van der Waals surface area contributed by atoms with Gasteiger partial charge in [-0.25, -0.2) is 9.69 Å². The molecule has 0 saturated carbocycles. The molecule has 0 bridgehead atoms. The monoisotopic (exact) mass is 585 g/mol. The Labute approximate surface area is 223 Å². The molecule has 1 fully saturated rings. The number of hydrogen-bond acceptors (Lipinski definition) is 10. The molecule has 1 aromatic rings. The van der Waals surface area contributed by atoms with Gasteiger partial charge in [-0.05, 0) is 40.9 Å². The number of amides is 2. The third kappa shape index (κ3) is 7.02. The predicted molar refractivity (Wildman–Crippen MR) is 133 cm³/mol. The summed E-state index contributed by atoms with van der Waals surface area (Å²) in [6.07, 6.45) is -2.97. The van der Waals surface area contributed by atoms with Crippen LogP contribution in [0.5, 0.6) is 0 Å². The number of cyclic esters (lactones) is 1. The van der Waals surface area contributed by atoms with Crippen LogP contribution < -0.4 is 0 Å². The van der Waals surface area contributed by atoms with Crippen molar-refractivity contribution in [2.75, 3.05) is 40.1 Å². The first-order valence-electron chi connectivity index (χ1n) is 11.9. The summed E-state index contributed by atoms with van der Waals surface area (Å²) in [6, 6.07) is 8.34. The zero-order chi connectivity index (χ0) is 27.0. The Morgan fingerprint density at radius 2 is 1.84 bits per heavy atom. The van der Waals surface area contributed by atoms with Gasteiger partial charge in [-0.2, -0.15) is 0 Å². The van der Waals surface area contributed by atoms with Crippen molar-refractivity contribution in [3.05, 3.63) is 46.5 Å². The van der Waals surface area contributed by atoms with Gasteiger partial charge in [-0.15, -0.1) is 0 Å². The lowest BCUT2D eigenvalue weighted by Gasteiger charge is -2.38. The summed E-state index contributed by atoms with van der Waals surface area (Å²) in [5, 5.41) is 19.8.